The van der Waals surface area contributed by atoms with Crippen LogP contribution < -0.4 is 5.32 Å². The van der Waals surface area contributed by atoms with E-state index in [1.165, 1.54) is 0 Å². The minimum atomic E-state index is -0.781. The summed E-state index contributed by atoms with van der Waals surface area (Å²) in [6.45, 7) is 6.03. The van der Waals surface area contributed by atoms with Crippen LogP contribution in [-0.2, 0) is 20.9 Å². The smallest absolute Gasteiger partial charge is 0.338 e. The molecule has 0 spiro atoms. The van der Waals surface area contributed by atoms with Crippen LogP contribution in [-0.4, -0.2) is 30.1 Å². The molecule has 0 aliphatic heterocycles. The Morgan fingerprint density at radius 2 is 1.82 bits per heavy atom. The number of carbonyl (C=O) groups excluding carboxylic acids is 2. The summed E-state index contributed by atoms with van der Waals surface area (Å²) < 4.78 is 10.7. The van der Waals surface area contributed by atoms with Gasteiger partial charge in [0.1, 0.15) is 0 Å². The van der Waals surface area contributed by atoms with Crippen LogP contribution in [0.25, 0.3) is 0 Å². The predicted octanol–water partition coefficient (Wildman–Crippen LogP) is 2.44. The van der Waals surface area contributed by atoms with Crippen molar-refractivity contribution in [3.05, 3.63) is 35.4 Å². The predicted molar refractivity (Wildman–Crippen MR) is 82.4 cm³/mol. The highest BCUT2D eigenvalue weighted by atomic mass is 16.5. The van der Waals surface area contributed by atoms with Crippen LogP contribution in [0, 0.1) is 0 Å². The van der Waals surface area contributed by atoms with Gasteiger partial charge in [0, 0.05) is 6.04 Å². The molecule has 1 atom stereocenters. The molecule has 0 aromatic heterocycles. The SMILES string of the molecule is CC(C)OCc1ccc(C(=O)O[C@H](C)C(=O)NC2CC2)cc1. The molecular weight excluding hydrogens is 282 g/mol. The van der Waals surface area contributed by atoms with Crippen molar-refractivity contribution in [2.75, 3.05) is 0 Å². The molecule has 1 saturated carbocycles. The number of benzene rings is 1. The summed E-state index contributed by atoms with van der Waals surface area (Å²) in [5.74, 6) is -0.729. The molecule has 2 rings (SSSR count). The highest BCUT2D eigenvalue weighted by Gasteiger charge is 2.27. The van der Waals surface area contributed by atoms with E-state index >= 15 is 0 Å². The monoisotopic (exact) mass is 305 g/mol. The van der Waals surface area contributed by atoms with Gasteiger partial charge in [-0.15, -0.1) is 0 Å². The molecule has 1 amide bonds. The Morgan fingerprint density at radius 1 is 1.18 bits per heavy atom. The average molecular weight is 305 g/mol. The van der Waals surface area contributed by atoms with Gasteiger partial charge >= 0.3 is 5.97 Å². The molecule has 1 aliphatic rings. The van der Waals surface area contributed by atoms with Gasteiger partial charge in [-0.25, -0.2) is 4.79 Å². The second kappa shape index (κ2) is 7.40. The molecule has 1 N–H and O–H groups in total. The summed E-state index contributed by atoms with van der Waals surface area (Å²) in [7, 11) is 0. The number of carbonyl (C=O) groups is 2. The van der Waals surface area contributed by atoms with Crippen molar-refractivity contribution in [2.24, 2.45) is 0 Å². The molecule has 0 radical (unpaired) electrons. The van der Waals surface area contributed by atoms with Gasteiger partial charge in [-0.3, -0.25) is 4.79 Å². The van der Waals surface area contributed by atoms with Crippen molar-refractivity contribution in [1.29, 1.82) is 0 Å². The second-order valence-corrected chi connectivity index (χ2v) is 5.89. The van der Waals surface area contributed by atoms with Crippen LogP contribution in [0.5, 0.6) is 0 Å². The van der Waals surface area contributed by atoms with E-state index in [1.807, 2.05) is 26.0 Å². The number of rotatable bonds is 7. The zero-order chi connectivity index (χ0) is 16.1. The third kappa shape index (κ3) is 5.15. The van der Waals surface area contributed by atoms with Gasteiger partial charge in [-0.05, 0) is 51.3 Å². The minimum Gasteiger partial charge on any atom is -0.449 e. The number of esters is 1. The summed E-state index contributed by atoms with van der Waals surface area (Å²) in [5.41, 5.74) is 1.42. The zero-order valence-electron chi connectivity index (χ0n) is 13.3. The lowest BCUT2D eigenvalue weighted by Crippen LogP contribution is -2.37. The van der Waals surface area contributed by atoms with E-state index in [9.17, 15) is 9.59 Å². The molecule has 1 aromatic rings. The fourth-order valence-electron chi connectivity index (χ4n) is 1.83. The standard InChI is InChI=1S/C17H23NO4/c1-11(2)21-10-13-4-6-14(7-5-13)17(20)22-12(3)16(19)18-15-8-9-15/h4-7,11-12,15H,8-10H2,1-3H3,(H,18,19)/t12-/m1/s1. The Kier molecular flexibility index (Phi) is 5.55. The van der Waals surface area contributed by atoms with Crippen molar-refractivity contribution in [3.63, 3.8) is 0 Å². The Morgan fingerprint density at radius 3 is 2.36 bits per heavy atom. The normalized spacial score (nSPS) is 15.5. The highest BCUT2D eigenvalue weighted by Crippen LogP contribution is 2.19. The first-order chi connectivity index (χ1) is 10.5. The molecule has 0 bridgehead atoms. The number of nitrogens with one attached hydrogen (secondary N) is 1. The van der Waals surface area contributed by atoms with E-state index in [1.54, 1.807) is 19.1 Å². The third-order valence-electron chi connectivity index (χ3n) is 3.35. The molecule has 1 aromatic carbocycles. The molecule has 0 heterocycles. The van der Waals surface area contributed by atoms with Crippen molar-refractivity contribution < 1.29 is 19.1 Å². The molecule has 1 aliphatic carbocycles. The first-order valence-corrected chi connectivity index (χ1v) is 7.67. The summed E-state index contributed by atoms with van der Waals surface area (Å²) in [4.78, 5) is 23.8. The van der Waals surface area contributed by atoms with E-state index in [0.717, 1.165) is 18.4 Å². The molecular formula is C17H23NO4. The largest absolute Gasteiger partial charge is 0.449 e. The van der Waals surface area contributed by atoms with Crippen LogP contribution in [0.4, 0.5) is 0 Å². The summed E-state index contributed by atoms with van der Waals surface area (Å²) in [5, 5.41) is 2.81. The minimum absolute atomic E-state index is 0.162. The fourth-order valence-corrected chi connectivity index (χ4v) is 1.83. The Bertz CT molecular complexity index is 520. The van der Waals surface area contributed by atoms with Gasteiger partial charge in [0.15, 0.2) is 6.10 Å². The summed E-state index contributed by atoms with van der Waals surface area (Å²) in [6, 6.07) is 7.29. The van der Waals surface area contributed by atoms with Gasteiger partial charge in [0.25, 0.3) is 5.91 Å². The Balaban J connectivity index is 1.84. The molecule has 120 valence electrons. The summed E-state index contributed by atoms with van der Waals surface area (Å²) in [6.07, 6.45) is 1.39. The molecule has 0 saturated heterocycles. The zero-order valence-corrected chi connectivity index (χ0v) is 13.3. The van der Waals surface area contributed by atoms with Gasteiger partial charge < -0.3 is 14.8 Å². The first-order valence-electron chi connectivity index (χ1n) is 7.67. The molecule has 22 heavy (non-hydrogen) atoms. The maximum absolute atomic E-state index is 12.0. The first kappa shape index (κ1) is 16.5. The van der Waals surface area contributed by atoms with Crippen molar-refractivity contribution in [2.45, 2.75) is 58.5 Å². The third-order valence-corrected chi connectivity index (χ3v) is 3.35. The summed E-state index contributed by atoms with van der Waals surface area (Å²) >= 11 is 0. The van der Waals surface area contributed by atoms with E-state index in [0.29, 0.717) is 12.2 Å². The second-order valence-electron chi connectivity index (χ2n) is 5.89. The molecule has 5 heteroatoms. The van der Waals surface area contributed by atoms with E-state index in [2.05, 4.69) is 5.32 Å². The van der Waals surface area contributed by atoms with Crippen LogP contribution in [0.2, 0.25) is 0 Å². The van der Waals surface area contributed by atoms with Crippen molar-refractivity contribution in [1.82, 2.24) is 5.32 Å². The molecule has 1 fully saturated rings. The Labute approximate surface area is 131 Å². The lowest BCUT2D eigenvalue weighted by atomic mass is 10.1. The van der Waals surface area contributed by atoms with Crippen LogP contribution in [0.1, 0.15) is 49.5 Å². The lowest BCUT2D eigenvalue weighted by molar-refractivity contribution is -0.129. The van der Waals surface area contributed by atoms with Gasteiger partial charge in [-0.2, -0.15) is 0 Å². The van der Waals surface area contributed by atoms with Crippen molar-refractivity contribution >= 4 is 11.9 Å². The highest BCUT2D eigenvalue weighted by molar-refractivity contribution is 5.92. The van der Waals surface area contributed by atoms with Crippen molar-refractivity contribution in [3.8, 4) is 0 Å². The number of hydrogen-bond acceptors (Lipinski definition) is 4. The topological polar surface area (TPSA) is 64.6 Å². The lowest BCUT2D eigenvalue weighted by Gasteiger charge is -2.13. The fraction of sp³-hybridized carbons (Fsp3) is 0.529. The van der Waals surface area contributed by atoms with Gasteiger partial charge in [0.05, 0.1) is 18.3 Å². The van der Waals surface area contributed by atoms with Crippen LogP contribution >= 0.6 is 0 Å². The van der Waals surface area contributed by atoms with E-state index < -0.39 is 12.1 Å². The van der Waals surface area contributed by atoms with Gasteiger partial charge in [-0.1, -0.05) is 12.1 Å². The van der Waals surface area contributed by atoms with E-state index in [-0.39, 0.29) is 18.1 Å². The molecule has 0 unspecified atom stereocenters. The maximum Gasteiger partial charge on any atom is 0.338 e. The van der Waals surface area contributed by atoms with Crippen LogP contribution in [0.3, 0.4) is 0 Å². The molecule has 5 nitrogen and oxygen atoms in total. The number of amides is 1. The maximum atomic E-state index is 12.0. The van der Waals surface area contributed by atoms with Gasteiger partial charge in [0.2, 0.25) is 0 Å². The number of hydrogen-bond donors (Lipinski definition) is 1. The Hall–Kier alpha value is -1.88. The quantitative estimate of drug-likeness (QED) is 0.786. The van der Waals surface area contributed by atoms with E-state index in [4.69, 9.17) is 9.47 Å². The average Bonchev–Trinajstić information content (AvgIpc) is 3.29. The number of ether oxygens (including phenoxy) is 2. The van der Waals surface area contributed by atoms with Crippen LogP contribution in [0.15, 0.2) is 24.3 Å².